The van der Waals surface area contributed by atoms with Crippen LogP contribution in [0.2, 0.25) is 0 Å². The predicted octanol–water partition coefficient (Wildman–Crippen LogP) is 0.740. The van der Waals surface area contributed by atoms with E-state index < -0.39 is 10.1 Å². The van der Waals surface area contributed by atoms with Crippen LogP contribution in [0.1, 0.15) is 11.4 Å². The van der Waals surface area contributed by atoms with Crippen molar-refractivity contribution in [3.63, 3.8) is 0 Å². The number of methoxy groups -OCH3 is 1. The van der Waals surface area contributed by atoms with Crippen molar-refractivity contribution in [3.05, 3.63) is 29.7 Å². The first-order valence-corrected chi connectivity index (χ1v) is 7.57. The summed E-state index contributed by atoms with van der Waals surface area (Å²) in [5.41, 5.74) is 0.813. The van der Waals surface area contributed by atoms with Crippen LogP contribution in [0.4, 0.5) is 5.69 Å². The number of aromatic nitrogens is 4. The van der Waals surface area contributed by atoms with Crippen molar-refractivity contribution in [3.8, 4) is 11.8 Å². The summed E-state index contributed by atoms with van der Waals surface area (Å²) in [5, 5.41) is 24.9. The molecule has 0 fully saturated rings. The molecule has 0 amide bonds. The third kappa shape index (κ3) is 3.62. The molecule has 1 aromatic carbocycles. The number of nitrogens with zero attached hydrogens (tertiary/aromatic N) is 4. The zero-order valence-corrected chi connectivity index (χ0v) is 12.9. The number of anilines is 1. The van der Waals surface area contributed by atoms with Gasteiger partial charge >= 0.3 is 0 Å². The van der Waals surface area contributed by atoms with Crippen LogP contribution in [0.25, 0.3) is 5.57 Å². The lowest BCUT2D eigenvalue weighted by atomic mass is 10.2. The highest BCUT2D eigenvalue weighted by Gasteiger charge is 2.17. The monoisotopic (exact) mass is 336 g/mol. The van der Waals surface area contributed by atoms with Crippen LogP contribution in [0, 0.1) is 18.3 Å². The van der Waals surface area contributed by atoms with Gasteiger partial charge in [0.05, 0.1) is 12.8 Å². The van der Waals surface area contributed by atoms with Gasteiger partial charge in [-0.3, -0.25) is 4.55 Å². The number of tetrazole rings is 1. The molecule has 1 heterocycles. The fourth-order valence-electron chi connectivity index (χ4n) is 1.80. The van der Waals surface area contributed by atoms with E-state index in [0.717, 1.165) is 0 Å². The standard InChI is InChI=1S/C12H12N6O4S/c1-7-3-9(10(22-2)4-11(7)23(19,20)21)14-6-8(5-13)12-15-17-18-16-12/h3-4,6,14H,1-2H3,(H,19,20,21)(H,15,16,17,18). The number of nitrogens with one attached hydrogen (secondary N) is 2. The molecule has 0 radical (unpaired) electrons. The lowest BCUT2D eigenvalue weighted by Gasteiger charge is -2.12. The smallest absolute Gasteiger partial charge is 0.294 e. The van der Waals surface area contributed by atoms with Crippen LogP contribution in [0.15, 0.2) is 23.2 Å². The zero-order chi connectivity index (χ0) is 17.0. The molecule has 10 nitrogen and oxygen atoms in total. The van der Waals surface area contributed by atoms with Gasteiger partial charge in [-0.2, -0.15) is 18.9 Å². The number of hydrogen-bond acceptors (Lipinski definition) is 8. The Morgan fingerprint density at radius 2 is 2.26 bits per heavy atom. The zero-order valence-electron chi connectivity index (χ0n) is 12.1. The highest BCUT2D eigenvalue weighted by molar-refractivity contribution is 7.85. The van der Waals surface area contributed by atoms with E-state index in [9.17, 15) is 13.0 Å². The fraction of sp³-hybridized carbons (Fsp3) is 0.167. The van der Waals surface area contributed by atoms with Crippen molar-refractivity contribution in [1.82, 2.24) is 20.6 Å². The summed E-state index contributed by atoms with van der Waals surface area (Å²) in [7, 11) is -3.02. The van der Waals surface area contributed by atoms with Gasteiger partial charge in [-0.15, -0.1) is 10.2 Å². The Labute approximate surface area is 131 Å². The highest BCUT2D eigenvalue weighted by Crippen LogP contribution is 2.31. The van der Waals surface area contributed by atoms with E-state index in [2.05, 4.69) is 25.9 Å². The van der Waals surface area contributed by atoms with Crippen molar-refractivity contribution >= 4 is 21.4 Å². The summed E-state index contributed by atoms with van der Waals surface area (Å²) in [6.45, 7) is 1.52. The first kappa shape index (κ1) is 16.4. The van der Waals surface area contributed by atoms with Gasteiger partial charge in [0.15, 0.2) is 0 Å². The second kappa shape index (κ2) is 6.42. The Hall–Kier alpha value is -2.97. The van der Waals surface area contributed by atoms with Crippen molar-refractivity contribution in [1.29, 1.82) is 5.26 Å². The number of aromatic amines is 1. The van der Waals surface area contributed by atoms with Crippen molar-refractivity contribution in [2.75, 3.05) is 12.4 Å². The summed E-state index contributed by atoms with van der Waals surface area (Å²) >= 11 is 0. The molecule has 23 heavy (non-hydrogen) atoms. The molecule has 0 spiro atoms. The van der Waals surface area contributed by atoms with Gasteiger partial charge in [-0.25, -0.2) is 0 Å². The van der Waals surface area contributed by atoms with E-state index in [0.29, 0.717) is 11.3 Å². The molecule has 0 aliphatic heterocycles. The van der Waals surface area contributed by atoms with E-state index in [1.54, 1.807) is 0 Å². The second-order valence-electron chi connectivity index (χ2n) is 4.34. The Kier molecular flexibility index (Phi) is 4.58. The maximum atomic E-state index is 11.3. The van der Waals surface area contributed by atoms with Gasteiger partial charge in [-0.1, -0.05) is 0 Å². The molecular formula is C12H12N6O4S. The van der Waals surface area contributed by atoms with E-state index in [1.807, 2.05) is 6.07 Å². The summed E-state index contributed by atoms with van der Waals surface area (Å²) in [5.74, 6) is 0.273. The largest absolute Gasteiger partial charge is 0.495 e. The van der Waals surface area contributed by atoms with Crippen LogP contribution >= 0.6 is 0 Å². The van der Waals surface area contributed by atoms with Crippen LogP contribution < -0.4 is 10.1 Å². The van der Waals surface area contributed by atoms with Gasteiger partial charge in [0.1, 0.15) is 22.3 Å². The molecule has 3 N–H and O–H groups in total. The fourth-order valence-corrected chi connectivity index (χ4v) is 2.52. The Balaban J connectivity index is 2.41. The lowest BCUT2D eigenvalue weighted by molar-refractivity contribution is 0.414. The molecule has 120 valence electrons. The van der Waals surface area contributed by atoms with Crippen molar-refractivity contribution < 1.29 is 17.7 Å². The van der Waals surface area contributed by atoms with E-state index in [-0.39, 0.29) is 22.0 Å². The predicted molar refractivity (Wildman–Crippen MR) is 78.9 cm³/mol. The normalized spacial score (nSPS) is 11.8. The summed E-state index contributed by atoms with van der Waals surface area (Å²) < 4.78 is 36.9. The van der Waals surface area contributed by atoms with E-state index in [1.165, 1.54) is 32.4 Å². The first-order chi connectivity index (χ1) is 10.9. The number of aryl methyl sites for hydroxylation is 1. The minimum absolute atomic E-state index is 0.102. The number of hydrogen-bond donors (Lipinski definition) is 3. The van der Waals surface area contributed by atoms with Crippen LogP contribution in [-0.2, 0) is 10.1 Å². The minimum atomic E-state index is -4.36. The number of allylic oxidation sites excluding steroid dienone is 1. The molecule has 0 unspecified atom stereocenters. The number of benzene rings is 1. The SMILES string of the molecule is COc1cc(S(=O)(=O)O)c(C)cc1NC=C(C#N)c1nn[nH]n1. The molecule has 0 atom stereocenters. The van der Waals surface area contributed by atoms with Crippen molar-refractivity contribution in [2.45, 2.75) is 11.8 Å². The maximum absolute atomic E-state index is 11.3. The van der Waals surface area contributed by atoms with Gasteiger partial charge in [0.25, 0.3) is 10.1 Å². The molecule has 0 saturated carbocycles. The molecule has 11 heteroatoms. The highest BCUT2D eigenvalue weighted by atomic mass is 32.2. The molecule has 2 rings (SSSR count). The Morgan fingerprint density at radius 1 is 1.52 bits per heavy atom. The average Bonchev–Trinajstić information content (AvgIpc) is 3.01. The lowest BCUT2D eigenvalue weighted by Crippen LogP contribution is -2.04. The van der Waals surface area contributed by atoms with Crippen LogP contribution in [-0.4, -0.2) is 40.7 Å². The van der Waals surface area contributed by atoms with Crippen LogP contribution in [0.5, 0.6) is 5.75 Å². The molecule has 0 bridgehead atoms. The Morgan fingerprint density at radius 3 is 2.78 bits per heavy atom. The molecule has 1 aromatic heterocycles. The van der Waals surface area contributed by atoms with E-state index in [4.69, 9.17) is 10.00 Å². The summed E-state index contributed by atoms with van der Waals surface area (Å²) in [6.07, 6.45) is 1.33. The number of H-pyrrole nitrogens is 1. The van der Waals surface area contributed by atoms with Crippen molar-refractivity contribution in [2.24, 2.45) is 0 Å². The minimum Gasteiger partial charge on any atom is -0.495 e. The number of rotatable bonds is 5. The first-order valence-electron chi connectivity index (χ1n) is 6.13. The second-order valence-corrected chi connectivity index (χ2v) is 5.73. The molecular weight excluding hydrogens is 324 g/mol. The number of nitriles is 1. The van der Waals surface area contributed by atoms with Gasteiger partial charge < -0.3 is 10.1 Å². The maximum Gasteiger partial charge on any atom is 0.294 e. The third-order valence-electron chi connectivity index (χ3n) is 2.85. The number of ether oxygens (including phenoxy) is 1. The summed E-state index contributed by atoms with van der Waals surface area (Å²) in [6, 6.07) is 4.54. The van der Waals surface area contributed by atoms with Gasteiger partial charge in [0.2, 0.25) is 5.82 Å². The topological polar surface area (TPSA) is 154 Å². The summed E-state index contributed by atoms with van der Waals surface area (Å²) in [4.78, 5) is -0.262. The molecule has 0 aliphatic carbocycles. The third-order valence-corrected chi connectivity index (χ3v) is 3.85. The molecule has 0 aliphatic rings. The Bertz CT molecular complexity index is 883. The van der Waals surface area contributed by atoms with E-state index >= 15 is 0 Å². The molecule has 0 saturated heterocycles. The molecule has 2 aromatic rings. The van der Waals surface area contributed by atoms with Gasteiger partial charge in [0, 0.05) is 12.3 Å². The average molecular weight is 336 g/mol. The van der Waals surface area contributed by atoms with Gasteiger partial charge in [-0.05, 0) is 23.8 Å². The quantitative estimate of drug-likeness (QED) is 0.529. The van der Waals surface area contributed by atoms with Crippen LogP contribution in [0.3, 0.4) is 0 Å².